The number of rotatable bonds is 6. The summed E-state index contributed by atoms with van der Waals surface area (Å²) in [5.41, 5.74) is 1.50. The molecular formula is C16H18N4O3. The Balaban J connectivity index is 1.90. The molecule has 0 amide bonds. The lowest BCUT2D eigenvalue weighted by Crippen LogP contribution is -2.00. The van der Waals surface area contributed by atoms with E-state index in [1.165, 1.54) is 0 Å². The minimum Gasteiger partial charge on any atom is -0.494 e. The number of nitrogens with zero attached hydrogens (tertiary/aromatic N) is 2. The van der Waals surface area contributed by atoms with Gasteiger partial charge in [-0.05, 0) is 31.2 Å². The van der Waals surface area contributed by atoms with E-state index < -0.39 is 0 Å². The van der Waals surface area contributed by atoms with Crippen molar-refractivity contribution in [2.45, 2.75) is 6.92 Å². The first-order chi connectivity index (χ1) is 11.2. The first-order valence-corrected chi connectivity index (χ1v) is 7.22. The standard InChI is InChI=1S/C16H18N4O3/c1-4-23-11-7-5-10(6-8-11)18-16-19-14-13(15(20-16)22-3)12(21-2)9-17-14/h5-9H,4H2,1-3H3,(H2,17,18,19,20). The lowest BCUT2D eigenvalue weighted by molar-refractivity contribution is 0.340. The number of aromatic nitrogens is 3. The second-order valence-electron chi connectivity index (χ2n) is 4.72. The Morgan fingerprint density at radius 2 is 1.87 bits per heavy atom. The van der Waals surface area contributed by atoms with E-state index in [1.54, 1.807) is 20.4 Å². The predicted octanol–water partition coefficient (Wildman–Crippen LogP) is 3.12. The molecule has 7 heteroatoms. The highest BCUT2D eigenvalue weighted by atomic mass is 16.5. The highest BCUT2D eigenvalue weighted by molar-refractivity contribution is 5.89. The van der Waals surface area contributed by atoms with Crippen molar-refractivity contribution >= 4 is 22.7 Å². The van der Waals surface area contributed by atoms with Crippen LogP contribution in [0.25, 0.3) is 11.0 Å². The maximum Gasteiger partial charge on any atom is 0.232 e. The highest BCUT2D eigenvalue weighted by Crippen LogP contribution is 2.32. The first-order valence-electron chi connectivity index (χ1n) is 7.22. The third kappa shape index (κ3) is 2.98. The highest BCUT2D eigenvalue weighted by Gasteiger charge is 2.15. The van der Waals surface area contributed by atoms with E-state index in [-0.39, 0.29) is 0 Å². The Kier molecular flexibility index (Phi) is 4.18. The molecule has 0 aliphatic rings. The summed E-state index contributed by atoms with van der Waals surface area (Å²) in [4.78, 5) is 11.9. The van der Waals surface area contributed by atoms with Gasteiger partial charge >= 0.3 is 0 Å². The molecule has 0 aliphatic heterocycles. The monoisotopic (exact) mass is 314 g/mol. The number of nitrogens with one attached hydrogen (secondary N) is 2. The zero-order valence-corrected chi connectivity index (χ0v) is 13.2. The Hall–Kier alpha value is -2.96. The van der Waals surface area contributed by atoms with Crippen molar-refractivity contribution in [1.82, 2.24) is 15.0 Å². The summed E-state index contributed by atoms with van der Waals surface area (Å²) in [5, 5.41) is 3.86. The van der Waals surface area contributed by atoms with Crippen LogP contribution < -0.4 is 19.5 Å². The molecule has 0 radical (unpaired) electrons. The maximum atomic E-state index is 5.42. The molecule has 3 aromatic rings. The molecule has 0 saturated heterocycles. The SMILES string of the molecule is CCOc1ccc(Nc2nc(OC)c3c(OC)c[nH]c3n2)cc1. The average Bonchev–Trinajstić information content (AvgIpc) is 2.99. The second kappa shape index (κ2) is 6.43. The zero-order valence-electron chi connectivity index (χ0n) is 13.2. The third-order valence-corrected chi connectivity index (χ3v) is 3.30. The van der Waals surface area contributed by atoms with Gasteiger partial charge in [-0.15, -0.1) is 0 Å². The van der Waals surface area contributed by atoms with Crippen LogP contribution in [0.1, 0.15) is 6.92 Å². The van der Waals surface area contributed by atoms with Crippen molar-refractivity contribution in [1.29, 1.82) is 0 Å². The van der Waals surface area contributed by atoms with Crippen LogP contribution in [-0.4, -0.2) is 35.8 Å². The third-order valence-electron chi connectivity index (χ3n) is 3.30. The van der Waals surface area contributed by atoms with Gasteiger partial charge in [0.2, 0.25) is 11.8 Å². The van der Waals surface area contributed by atoms with Crippen LogP contribution in [0.2, 0.25) is 0 Å². The summed E-state index contributed by atoms with van der Waals surface area (Å²) >= 11 is 0. The van der Waals surface area contributed by atoms with Crippen molar-refractivity contribution in [3.05, 3.63) is 30.5 Å². The van der Waals surface area contributed by atoms with Crippen LogP contribution in [0.15, 0.2) is 30.5 Å². The Labute approximate surface area is 133 Å². The minimum atomic E-state index is 0.433. The largest absolute Gasteiger partial charge is 0.494 e. The van der Waals surface area contributed by atoms with E-state index >= 15 is 0 Å². The fraction of sp³-hybridized carbons (Fsp3) is 0.250. The summed E-state index contributed by atoms with van der Waals surface area (Å²) in [6.07, 6.45) is 1.72. The number of hydrogen-bond donors (Lipinski definition) is 2. The smallest absolute Gasteiger partial charge is 0.232 e. The topological polar surface area (TPSA) is 81.3 Å². The van der Waals surface area contributed by atoms with E-state index in [4.69, 9.17) is 14.2 Å². The zero-order chi connectivity index (χ0) is 16.2. The van der Waals surface area contributed by atoms with Crippen LogP contribution in [0, 0.1) is 0 Å². The minimum absolute atomic E-state index is 0.433. The molecule has 0 aliphatic carbocycles. The number of methoxy groups -OCH3 is 2. The number of anilines is 2. The molecule has 2 aromatic heterocycles. The van der Waals surface area contributed by atoms with Crippen molar-refractivity contribution < 1.29 is 14.2 Å². The molecule has 2 N–H and O–H groups in total. The number of ether oxygens (including phenoxy) is 3. The molecule has 2 heterocycles. The van der Waals surface area contributed by atoms with Gasteiger partial charge in [-0.3, -0.25) is 0 Å². The molecule has 7 nitrogen and oxygen atoms in total. The van der Waals surface area contributed by atoms with Gasteiger partial charge in [-0.25, -0.2) is 0 Å². The van der Waals surface area contributed by atoms with Crippen molar-refractivity contribution in [2.75, 3.05) is 26.1 Å². The second-order valence-corrected chi connectivity index (χ2v) is 4.72. The van der Waals surface area contributed by atoms with Gasteiger partial charge in [0.15, 0.2) is 11.4 Å². The van der Waals surface area contributed by atoms with Crippen LogP contribution >= 0.6 is 0 Å². The number of aromatic amines is 1. The lowest BCUT2D eigenvalue weighted by atomic mass is 10.3. The number of fused-ring (bicyclic) bond motifs is 1. The van der Waals surface area contributed by atoms with E-state index in [0.717, 1.165) is 11.4 Å². The van der Waals surface area contributed by atoms with Gasteiger partial charge in [-0.1, -0.05) is 0 Å². The Morgan fingerprint density at radius 3 is 2.52 bits per heavy atom. The summed E-state index contributed by atoms with van der Waals surface area (Å²) < 4.78 is 16.0. The Morgan fingerprint density at radius 1 is 1.09 bits per heavy atom. The van der Waals surface area contributed by atoms with Crippen LogP contribution in [0.5, 0.6) is 17.4 Å². The van der Waals surface area contributed by atoms with Crippen molar-refractivity contribution in [3.63, 3.8) is 0 Å². The van der Waals surface area contributed by atoms with Crippen molar-refractivity contribution in [2.24, 2.45) is 0 Å². The van der Waals surface area contributed by atoms with E-state index in [1.807, 2.05) is 31.2 Å². The molecule has 1 aromatic carbocycles. The Bertz CT molecular complexity index is 799. The van der Waals surface area contributed by atoms with Gasteiger partial charge in [0.25, 0.3) is 0 Å². The van der Waals surface area contributed by atoms with E-state index in [0.29, 0.717) is 35.2 Å². The maximum absolute atomic E-state index is 5.42. The van der Waals surface area contributed by atoms with Crippen LogP contribution in [-0.2, 0) is 0 Å². The molecule has 3 rings (SSSR count). The molecule has 0 unspecified atom stereocenters. The van der Waals surface area contributed by atoms with Gasteiger partial charge in [0, 0.05) is 11.9 Å². The van der Waals surface area contributed by atoms with Crippen molar-refractivity contribution in [3.8, 4) is 17.4 Å². The molecule has 0 atom stereocenters. The fourth-order valence-electron chi connectivity index (χ4n) is 2.27. The quantitative estimate of drug-likeness (QED) is 0.727. The molecule has 0 fully saturated rings. The lowest BCUT2D eigenvalue weighted by Gasteiger charge is -2.09. The van der Waals surface area contributed by atoms with Crippen LogP contribution in [0.3, 0.4) is 0 Å². The van der Waals surface area contributed by atoms with E-state index in [9.17, 15) is 0 Å². The van der Waals surface area contributed by atoms with Gasteiger partial charge in [0.1, 0.15) is 11.1 Å². The van der Waals surface area contributed by atoms with Gasteiger partial charge in [0.05, 0.1) is 20.8 Å². The number of H-pyrrole nitrogens is 1. The molecule has 23 heavy (non-hydrogen) atoms. The average molecular weight is 314 g/mol. The molecule has 120 valence electrons. The molecule has 0 spiro atoms. The van der Waals surface area contributed by atoms with Gasteiger partial charge in [-0.2, -0.15) is 9.97 Å². The fourth-order valence-corrected chi connectivity index (χ4v) is 2.27. The summed E-state index contributed by atoms with van der Waals surface area (Å²) in [5.74, 6) is 2.34. The number of benzene rings is 1. The summed E-state index contributed by atoms with van der Waals surface area (Å²) in [6.45, 7) is 2.59. The number of hydrogen-bond acceptors (Lipinski definition) is 6. The first kappa shape index (κ1) is 15.0. The molecule has 0 bridgehead atoms. The molecule has 0 saturated carbocycles. The van der Waals surface area contributed by atoms with Gasteiger partial charge < -0.3 is 24.5 Å². The normalized spacial score (nSPS) is 10.6. The van der Waals surface area contributed by atoms with Crippen LogP contribution in [0.4, 0.5) is 11.6 Å². The predicted molar refractivity (Wildman–Crippen MR) is 87.9 cm³/mol. The molecular weight excluding hydrogens is 296 g/mol. The summed E-state index contributed by atoms with van der Waals surface area (Å²) in [6, 6.07) is 7.58. The summed E-state index contributed by atoms with van der Waals surface area (Å²) in [7, 11) is 3.16. The van der Waals surface area contributed by atoms with E-state index in [2.05, 4.69) is 20.3 Å².